The van der Waals surface area contributed by atoms with Crippen LogP contribution in [0, 0.1) is 0 Å². The molecular weight excluding hydrogens is 203 g/mol. The molecule has 0 aliphatic carbocycles. The zero-order chi connectivity index (χ0) is 11.3. The predicted molar refractivity (Wildman–Crippen MR) is 52.4 cm³/mol. The minimum absolute atomic E-state index is 0.358. The standard InChI is InChI=1S/C8H11BO6/c1-12-7-3-6(9(14-10)15-11)4-8(5-7)13-2/h3-5,10-11H,1-2H3. The molecule has 15 heavy (non-hydrogen) atoms. The normalized spacial score (nSPS) is 9.87. The van der Waals surface area contributed by atoms with Crippen LogP contribution in [-0.2, 0) is 9.61 Å². The Morgan fingerprint density at radius 2 is 1.40 bits per heavy atom. The number of ether oxygens (including phenoxy) is 2. The van der Waals surface area contributed by atoms with Crippen molar-refractivity contribution >= 4 is 12.6 Å². The number of rotatable bonds is 5. The summed E-state index contributed by atoms with van der Waals surface area (Å²) in [5.74, 6) is 0.979. The highest BCUT2D eigenvalue weighted by Crippen LogP contribution is 2.17. The van der Waals surface area contributed by atoms with Crippen LogP contribution in [0.15, 0.2) is 18.2 Å². The van der Waals surface area contributed by atoms with E-state index in [9.17, 15) is 0 Å². The maximum atomic E-state index is 8.44. The van der Waals surface area contributed by atoms with E-state index in [1.165, 1.54) is 26.4 Å². The lowest BCUT2D eigenvalue weighted by molar-refractivity contribution is -0.221. The number of methoxy groups -OCH3 is 2. The first kappa shape index (κ1) is 11.8. The first-order valence-corrected chi connectivity index (χ1v) is 4.08. The summed E-state index contributed by atoms with van der Waals surface area (Å²) in [6.07, 6.45) is 0. The Labute approximate surface area is 87.0 Å². The zero-order valence-corrected chi connectivity index (χ0v) is 8.34. The number of benzene rings is 1. The Hall–Kier alpha value is -1.28. The summed E-state index contributed by atoms with van der Waals surface area (Å²) in [7, 11) is 1.66. The highest BCUT2D eigenvalue weighted by molar-refractivity contribution is 6.60. The van der Waals surface area contributed by atoms with Gasteiger partial charge in [-0.3, -0.25) is 20.1 Å². The molecule has 0 amide bonds. The van der Waals surface area contributed by atoms with Crippen molar-refractivity contribution in [3.8, 4) is 11.5 Å². The molecule has 1 rings (SSSR count). The molecule has 0 fully saturated rings. The highest BCUT2D eigenvalue weighted by atomic mass is 17.2. The smallest absolute Gasteiger partial charge is 0.497 e. The summed E-state index contributed by atoms with van der Waals surface area (Å²) in [5, 5.41) is 16.9. The maximum Gasteiger partial charge on any atom is 0.554 e. The van der Waals surface area contributed by atoms with Gasteiger partial charge in [-0.05, 0) is 17.6 Å². The van der Waals surface area contributed by atoms with E-state index in [1.807, 2.05) is 0 Å². The molecule has 0 aliphatic rings. The minimum Gasteiger partial charge on any atom is -0.497 e. The van der Waals surface area contributed by atoms with E-state index in [0.29, 0.717) is 17.0 Å². The Balaban J connectivity index is 3.05. The third-order valence-corrected chi connectivity index (χ3v) is 1.84. The van der Waals surface area contributed by atoms with Crippen LogP contribution in [0.5, 0.6) is 11.5 Å². The summed E-state index contributed by atoms with van der Waals surface area (Å²) >= 11 is 0. The van der Waals surface area contributed by atoms with Crippen molar-refractivity contribution in [1.82, 2.24) is 0 Å². The van der Waals surface area contributed by atoms with E-state index in [2.05, 4.69) is 9.61 Å². The van der Waals surface area contributed by atoms with Crippen LogP contribution < -0.4 is 14.9 Å². The minimum atomic E-state index is -1.30. The van der Waals surface area contributed by atoms with Gasteiger partial charge in [0.1, 0.15) is 11.5 Å². The van der Waals surface area contributed by atoms with E-state index in [4.69, 9.17) is 20.0 Å². The molecule has 2 N–H and O–H groups in total. The van der Waals surface area contributed by atoms with Crippen molar-refractivity contribution in [3.05, 3.63) is 18.2 Å². The maximum absolute atomic E-state index is 8.44. The van der Waals surface area contributed by atoms with E-state index >= 15 is 0 Å². The molecule has 6 nitrogen and oxygen atoms in total. The largest absolute Gasteiger partial charge is 0.554 e. The van der Waals surface area contributed by atoms with Gasteiger partial charge in [0.15, 0.2) is 0 Å². The van der Waals surface area contributed by atoms with Crippen LogP contribution >= 0.6 is 0 Å². The fraction of sp³-hybridized carbons (Fsp3) is 0.250. The van der Waals surface area contributed by atoms with Crippen LogP contribution in [0.1, 0.15) is 0 Å². The second-order valence-electron chi connectivity index (χ2n) is 2.69. The van der Waals surface area contributed by atoms with Crippen molar-refractivity contribution in [3.63, 3.8) is 0 Å². The summed E-state index contributed by atoms with van der Waals surface area (Å²) in [6, 6.07) is 4.69. The summed E-state index contributed by atoms with van der Waals surface area (Å²) in [4.78, 5) is 7.80. The van der Waals surface area contributed by atoms with E-state index in [-0.39, 0.29) is 0 Å². The van der Waals surface area contributed by atoms with Gasteiger partial charge in [-0.2, -0.15) is 0 Å². The van der Waals surface area contributed by atoms with Crippen molar-refractivity contribution in [2.75, 3.05) is 14.2 Å². The number of hydrogen-bond acceptors (Lipinski definition) is 6. The van der Waals surface area contributed by atoms with Crippen molar-refractivity contribution in [2.45, 2.75) is 0 Å². The summed E-state index contributed by atoms with van der Waals surface area (Å²) < 4.78 is 9.96. The first-order chi connectivity index (χ1) is 7.24. The van der Waals surface area contributed by atoms with Crippen LogP contribution in [0.25, 0.3) is 0 Å². The monoisotopic (exact) mass is 214 g/mol. The molecule has 0 heterocycles. The van der Waals surface area contributed by atoms with Gasteiger partial charge in [0.25, 0.3) is 0 Å². The second-order valence-corrected chi connectivity index (χ2v) is 2.69. The highest BCUT2D eigenvalue weighted by Gasteiger charge is 2.23. The Morgan fingerprint density at radius 1 is 0.933 bits per heavy atom. The van der Waals surface area contributed by atoms with Crippen molar-refractivity contribution in [1.29, 1.82) is 0 Å². The number of hydrogen-bond donors (Lipinski definition) is 2. The average Bonchev–Trinajstić information content (AvgIpc) is 2.30. The lowest BCUT2D eigenvalue weighted by Crippen LogP contribution is -2.35. The van der Waals surface area contributed by atoms with Gasteiger partial charge in [0, 0.05) is 6.07 Å². The molecular formula is C8H11BO6. The first-order valence-electron chi connectivity index (χ1n) is 4.08. The summed E-state index contributed by atoms with van der Waals surface area (Å²) in [6.45, 7) is 0. The van der Waals surface area contributed by atoms with Crippen LogP contribution in [0.3, 0.4) is 0 Å². The molecule has 0 saturated carbocycles. The van der Waals surface area contributed by atoms with Gasteiger partial charge < -0.3 is 9.47 Å². The van der Waals surface area contributed by atoms with E-state index in [0.717, 1.165) is 0 Å². The molecule has 0 radical (unpaired) electrons. The summed E-state index contributed by atoms with van der Waals surface area (Å²) in [5.41, 5.74) is 0.358. The fourth-order valence-electron chi connectivity index (χ4n) is 1.11. The molecule has 0 bridgehead atoms. The lowest BCUT2D eigenvalue weighted by atomic mass is 9.80. The van der Waals surface area contributed by atoms with Gasteiger partial charge in [-0.25, -0.2) is 0 Å². The van der Waals surface area contributed by atoms with Crippen LogP contribution in [0.4, 0.5) is 0 Å². The third-order valence-electron chi connectivity index (χ3n) is 1.84. The molecule has 0 spiro atoms. The molecule has 0 saturated heterocycles. The van der Waals surface area contributed by atoms with Crippen molar-refractivity contribution in [2.24, 2.45) is 0 Å². The van der Waals surface area contributed by atoms with Crippen molar-refractivity contribution < 1.29 is 29.6 Å². The molecule has 0 aromatic heterocycles. The zero-order valence-electron chi connectivity index (χ0n) is 8.34. The van der Waals surface area contributed by atoms with Crippen LogP contribution in [-0.4, -0.2) is 31.9 Å². The quantitative estimate of drug-likeness (QED) is 0.419. The molecule has 0 unspecified atom stereocenters. The van der Waals surface area contributed by atoms with Gasteiger partial charge in [-0.15, -0.1) is 0 Å². The lowest BCUT2D eigenvalue weighted by Gasteiger charge is -2.09. The van der Waals surface area contributed by atoms with Gasteiger partial charge in [-0.1, -0.05) is 0 Å². The second kappa shape index (κ2) is 5.57. The van der Waals surface area contributed by atoms with Gasteiger partial charge in [0.2, 0.25) is 0 Å². The SMILES string of the molecule is COc1cc(OC)cc(B(OO)OO)c1. The van der Waals surface area contributed by atoms with E-state index < -0.39 is 7.12 Å². The van der Waals surface area contributed by atoms with Gasteiger partial charge in [0.05, 0.1) is 14.2 Å². The molecule has 1 aromatic rings. The molecule has 0 atom stereocenters. The predicted octanol–water partition coefficient (Wildman–Crippen LogP) is 0.378. The molecule has 82 valence electrons. The molecule has 1 aromatic carbocycles. The molecule has 7 heteroatoms. The van der Waals surface area contributed by atoms with E-state index in [1.54, 1.807) is 6.07 Å². The Bertz CT molecular complexity index is 292. The third kappa shape index (κ3) is 2.83. The Kier molecular flexibility index (Phi) is 4.38. The Morgan fingerprint density at radius 3 is 1.73 bits per heavy atom. The van der Waals surface area contributed by atoms with Crippen LogP contribution in [0.2, 0.25) is 0 Å². The topological polar surface area (TPSA) is 77.4 Å². The fourth-order valence-corrected chi connectivity index (χ4v) is 1.11. The van der Waals surface area contributed by atoms with Gasteiger partial charge >= 0.3 is 7.12 Å². The molecule has 0 aliphatic heterocycles. The average molecular weight is 214 g/mol.